The number of aryl methyl sites for hydroxylation is 1. The van der Waals surface area contributed by atoms with Gasteiger partial charge in [0, 0.05) is 37.6 Å². The first kappa shape index (κ1) is 17.3. The van der Waals surface area contributed by atoms with E-state index in [1.165, 1.54) is 10.4 Å². The van der Waals surface area contributed by atoms with Crippen molar-refractivity contribution in [2.45, 2.75) is 24.8 Å². The minimum atomic E-state index is -3.51. The molecule has 0 radical (unpaired) electrons. The first-order valence-electron chi connectivity index (χ1n) is 7.78. The fraction of sp³-hybridized carbons (Fsp3) is 0.467. The maximum atomic E-state index is 12.7. The number of aromatic nitrogens is 2. The zero-order chi connectivity index (χ0) is 17.2. The lowest BCUT2D eigenvalue weighted by atomic mass is 10.3. The van der Waals surface area contributed by atoms with Gasteiger partial charge in [0.2, 0.25) is 21.8 Å². The molecule has 1 aromatic carbocycles. The van der Waals surface area contributed by atoms with Crippen LogP contribution in [-0.2, 0) is 23.0 Å². The molecule has 24 heavy (non-hydrogen) atoms. The molecule has 1 aliphatic heterocycles. The van der Waals surface area contributed by atoms with E-state index in [1.54, 1.807) is 18.2 Å². The van der Waals surface area contributed by atoms with Crippen molar-refractivity contribution < 1.29 is 12.8 Å². The Bertz CT molecular complexity index is 801. The lowest BCUT2D eigenvalue weighted by molar-refractivity contribution is 0.167. The van der Waals surface area contributed by atoms with Crippen LogP contribution in [0.5, 0.6) is 0 Å². The van der Waals surface area contributed by atoms with Crippen molar-refractivity contribution >= 4 is 21.6 Å². The van der Waals surface area contributed by atoms with E-state index in [4.69, 9.17) is 16.0 Å². The number of sulfonamides is 1. The highest BCUT2D eigenvalue weighted by Crippen LogP contribution is 2.21. The summed E-state index contributed by atoms with van der Waals surface area (Å²) in [5.41, 5.74) is 0. The standard InChI is InChI=1S/C15H19ClN4O3S/c1-2-14-17-18-15(23-14)11-19-6-8-20(9-7-19)24(21,22)13-5-3-4-12(16)10-13/h3-5,10H,2,6-9,11H2,1H3. The third kappa shape index (κ3) is 3.77. The second-order valence-electron chi connectivity index (χ2n) is 5.58. The van der Waals surface area contributed by atoms with E-state index in [0.29, 0.717) is 55.9 Å². The van der Waals surface area contributed by atoms with Crippen LogP contribution in [0.2, 0.25) is 5.02 Å². The molecule has 0 bridgehead atoms. The maximum absolute atomic E-state index is 12.7. The fourth-order valence-electron chi connectivity index (χ4n) is 2.59. The molecule has 130 valence electrons. The summed E-state index contributed by atoms with van der Waals surface area (Å²) < 4.78 is 32.3. The molecule has 1 aromatic heterocycles. The maximum Gasteiger partial charge on any atom is 0.243 e. The number of hydrogen-bond acceptors (Lipinski definition) is 6. The van der Waals surface area contributed by atoms with Crippen LogP contribution in [0.3, 0.4) is 0 Å². The van der Waals surface area contributed by atoms with E-state index in [-0.39, 0.29) is 4.90 Å². The summed E-state index contributed by atoms with van der Waals surface area (Å²) >= 11 is 5.90. The molecule has 3 rings (SSSR count). The molecular formula is C15H19ClN4O3S. The highest BCUT2D eigenvalue weighted by molar-refractivity contribution is 7.89. The summed E-state index contributed by atoms with van der Waals surface area (Å²) in [7, 11) is -3.51. The summed E-state index contributed by atoms with van der Waals surface area (Å²) in [4.78, 5) is 2.34. The Hall–Kier alpha value is -1.48. The lowest BCUT2D eigenvalue weighted by Gasteiger charge is -2.33. The first-order valence-corrected chi connectivity index (χ1v) is 9.60. The predicted molar refractivity (Wildman–Crippen MR) is 89.2 cm³/mol. The van der Waals surface area contributed by atoms with E-state index >= 15 is 0 Å². The lowest BCUT2D eigenvalue weighted by Crippen LogP contribution is -2.48. The third-order valence-electron chi connectivity index (χ3n) is 3.94. The smallest absolute Gasteiger partial charge is 0.243 e. The predicted octanol–water partition coefficient (Wildman–Crippen LogP) is 1.79. The number of benzene rings is 1. The molecule has 1 fully saturated rings. The monoisotopic (exact) mass is 370 g/mol. The molecule has 0 atom stereocenters. The topological polar surface area (TPSA) is 79.5 Å². The normalized spacial score (nSPS) is 17.2. The second kappa shape index (κ2) is 7.18. The van der Waals surface area contributed by atoms with Crippen molar-refractivity contribution in [3.63, 3.8) is 0 Å². The molecule has 0 amide bonds. The van der Waals surface area contributed by atoms with Gasteiger partial charge >= 0.3 is 0 Å². The van der Waals surface area contributed by atoms with Crippen LogP contribution in [0.25, 0.3) is 0 Å². The molecule has 2 heterocycles. The van der Waals surface area contributed by atoms with Gasteiger partial charge in [-0.2, -0.15) is 4.31 Å². The summed E-state index contributed by atoms with van der Waals surface area (Å²) in [6.45, 7) is 4.56. The van der Waals surface area contributed by atoms with Crippen LogP contribution in [0.15, 0.2) is 33.6 Å². The van der Waals surface area contributed by atoms with Crippen molar-refractivity contribution in [3.8, 4) is 0 Å². The molecule has 0 N–H and O–H groups in total. The second-order valence-corrected chi connectivity index (χ2v) is 7.96. The number of hydrogen-bond donors (Lipinski definition) is 0. The summed E-state index contributed by atoms with van der Waals surface area (Å²) in [5.74, 6) is 1.19. The average molecular weight is 371 g/mol. The van der Waals surface area contributed by atoms with Crippen LogP contribution in [-0.4, -0.2) is 54.0 Å². The first-order chi connectivity index (χ1) is 11.5. The Balaban J connectivity index is 1.62. The summed E-state index contributed by atoms with van der Waals surface area (Å²) in [6, 6.07) is 6.35. The Labute approximate surface area is 146 Å². The quantitative estimate of drug-likeness (QED) is 0.798. The minimum absolute atomic E-state index is 0.230. The van der Waals surface area contributed by atoms with Crippen LogP contribution in [0, 0.1) is 0 Å². The van der Waals surface area contributed by atoms with Crippen LogP contribution >= 0.6 is 11.6 Å². The highest BCUT2D eigenvalue weighted by atomic mass is 35.5. The molecule has 1 aliphatic rings. The van der Waals surface area contributed by atoms with Crippen molar-refractivity contribution in [1.29, 1.82) is 0 Å². The largest absolute Gasteiger partial charge is 0.424 e. The number of nitrogens with zero attached hydrogens (tertiary/aromatic N) is 4. The van der Waals surface area contributed by atoms with Gasteiger partial charge in [-0.15, -0.1) is 10.2 Å². The van der Waals surface area contributed by atoms with E-state index in [0.717, 1.165) is 0 Å². The average Bonchev–Trinajstić information content (AvgIpc) is 3.03. The van der Waals surface area contributed by atoms with Gasteiger partial charge < -0.3 is 4.42 Å². The number of halogens is 1. The fourth-order valence-corrected chi connectivity index (χ4v) is 4.31. The van der Waals surface area contributed by atoms with Gasteiger partial charge in [-0.1, -0.05) is 24.6 Å². The summed E-state index contributed by atoms with van der Waals surface area (Å²) in [5, 5.41) is 8.36. The molecule has 0 spiro atoms. The van der Waals surface area contributed by atoms with Gasteiger partial charge in [-0.25, -0.2) is 8.42 Å². The molecule has 1 saturated heterocycles. The van der Waals surface area contributed by atoms with E-state index in [1.807, 2.05) is 6.92 Å². The van der Waals surface area contributed by atoms with Gasteiger partial charge in [0.15, 0.2) is 0 Å². The van der Waals surface area contributed by atoms with E-state index in [2.05, 4.69) is 15.1 Å². The Morgan fingerprint density at radius 1 is 1.17 bits per heavy atom. The molecule has 9 heteroatoms. The van der Waals surface area contributed by atoms with Crippen molar-refractivity contribution in [2.24, 2.45) is 0 Å². The molecule has 2 aromatic rings. The van der Waals surface area contributed by atoms with Gasteiger partial charge in [-0.3, -0.25) is 4.90 Å². The van der Waals surface area contributed by atoms with Gasteiger partial charge in [0.1, 0.15) is 0 Å². The zero-order valence-corrected chi connectivity index (χ0v) is 14.9. The van der Waals surface area contributed by atoms with Crippen LogP contribution < -0.4 is 0 Å². The highest BCUT2D eigenvalue weighted by Gasteiger charge is 2.29. The number of piperazine rings is 1. The SMILES string of the molecule is CCc1nnc(CN2CCN(S(=O)(=O)c3cccc(Cl)c3)CC2)o1. The van der Waals surface area contributed by atoms with E-state index < -0.39 is 10.0 Å². The third-order valence-corrected chi connectivity index (χ3v) is 6.06. The molecule has 0 saturated carbocycles. The van der Waals surface area contributed by atoms with Gasteiger partial charge in [0.05, 0.1) is 11.4 Å². The van der Waals surface area contributed by atoms with Crippen LogP contribution in [0.4, 0.5) is 0 Å². The van der Waals surface area contributed by atoms with Crippen molar-refractivity contribution in [2.75, 3.05) is 26.2 Å². The zero-order valence-electron chi connectivity index (χ0n) is 13.4. The Kier molecular flexibility index (Phi) is 5.19. The molecule has 7 nitrogen and oxygen atoms in total. The molecule has 0 unspecified atom stereocenters. The summed E-state index contributed by atoms with van der Waals surface area (Å²) in [6.07, 6.45) is 0.707. The van der Waals surface area contributed by atoms with Crippen molar-refractivity contribution in [3.05, 3.63) is 41.1 Å². The Morgan fingerprint density at radius 3 is 2.50 bits per heavy atom. The van der Waals surface area contributed by atoms with Crippen molar-refractivity contribution in [1.82, 2.24) is 19.4 Å². The number of rotatable bonds is 5. The molecule has 0 aliphatic carbocycles. The van der Waals surface area contributed by atoms with Gasteiger partial charge in [-0.05, 0) is 18.2 Å². The molecular weight excluding hydrogens is 352 g/mol. The Morgan fingerprint density at radius 2 is 1.88 bits per heavy atom. The van der Waals surface area contributed by atoms with E-state index in [9.17, 15) is 8.42 Å². The van der Waals surface area contributed by atoms with Crippen LogP contribution in [0.1, 0.15) is 18.7 Å². The van der Waals surface area contributed by atoms with Gasteiger partial charge in [0.25, 0.3) is 0 Å². The minimum Gasteiger partial charge on any atom is -0.424 e.